The van der Waals surface area contributed by atoms with Crippen molar-refractivity contribution in [3.05, 3.63) is 29.8 Å². The van der Waals surface area contributed by atoms with Crippen LogP contribution in [0.5, 0.6) is 0 Å². The van der Waals surface area contributed by atoms with Crippen LogP contribution >= 0.6 is 0 Å². The van der Waals surface area contributed by atoms with E-state index in [4.69, 9.17) is 0 Å². The van der Waals surface area contributed by atoms with E-state index in [2.05, 4.69) is 16.0 Å². The highest BCUT2D eigenvalue weighted by atomic mass is 16.2. The Bertz CT molecular complexity index is 649. The molecule has 1 aromatic carbocycles. The lowest BCUT2D eigenvalue weighted by Crippen LogP contribution is -2.42. The van der Waals surface area contributed by atoms with Crippen LogP contribution < -0.4 is 16.0 Å². The van der Waals surface area contributed by atoms with E-state index in [9.17, 15) is 14.4 Å². The monoisotopic (exact) mass is 359 g/mol. The fourth-order valence-corrected chi connectivity index (χ4v) is 2.35. The van der Waals surface area contributed by atoms with E-state index in [-0.39, 0.29) is 29.2 Å². The number of benzene rings is 1. The first-order valence-electron chi connectivity index (χ1n) is 9.31. The number of anilines is 1. The number of nitrogens with one attached hydrogen (secondary N) is 3. The van der Waals surface area contributed by atoms with Crippen molar-refractivity contribution in [3.63, 3.8) is 0 Å². The number of hydrogen-bond donors (Lipinski definition) is 3. The molecule has 0 aromatic heterocycles. The Balaban J connectivity index is 1.72. The highest BCUT2D eigenvalue weighted by Gasteiger charge is 2.29. The Morgan fingerprint density at radius 1 is 1.12 bits per heavy atom. The largest absolute Gasteiger partial charge is 0.356 e. The molecule has 1 saturated carbocycles. The minimum Gasteiger partial charge on any atom is -0.356 e. The average Bonchev–Trinajstić information content (AvgIpc) is 3.44. The van der Waals surface area contributed by atoms with Gasteiger partial charge in [-0.1, -0.05) is 6.92 Å². The van der Waals surface area contributed by atoms with Gasteiger partial charge in [0.1, 0.15) is 0 Å². The molecule has 0 spiro atoms. The summed E-state index contributed by atoms with van der Waals surface area (Å²) in [6.45, 7) is 6.50. The normalized spacial score (nSPS) is 13.8. The van der Waals surface area contributed by atoms with Crippen LogP contribution in [0, 0.1) is 5.92 Å². The summed E-state index contributed by atoms with van der Waals surface area (Å²) in [5.74, 6) is 0.0732. The predicted octanol–water partition coefficient (Wildman–Crippen LogP) is 2.85. The van der Waals surface area contributed by atoms with Crippen LogP contribution in [0.2, 0.25) is 0 Å². The second-order valence-electron chi connectivity index (χ2n) is 7.49. The zero-order valence-corrected chi connectivity index (χ0v) is 15.9. The van der Waals surface area contributed by atoms with Crippen LogP contribution in [0.1, 0.15) is 63.2 Å². The number of rotatable bonds is 9. The van der Waals surface area contributed by atoms with Gasteiger partial charge in [-0.25, -0.2) is 0 Å². The van der Waals surface area contributed by atoms with Crippen LogP contribution in [-0.4, -0.2) is 29.8 Å². The molecule has 6 nitrogen and oxygen atoms in total. The lowest BCUT2D eigenvalue weighted by atomic mass is 10.0. The van der Waals surface area contributed by atoms with Crippen LogP contribution in [0.25, 0.3) is 0 Å². The van der Waals surface area contributed by atoms with Crippen molar-refractivity contribution >= 4 is 23.4 Å². The average molecular weight is 359 g/mol. The summed E-state index contributed by atoms with van der Waals surface area (Å²) >= 11 is 0. The molecule has 1 aliphatic carbocycles. The number of carbonyl (C=O) groups excluding carboxylic acids is 3. The summed E-state index contributed by atoms with van der Waals surface area (Å²) in [4.78, 5) is 35.6. The molecule has 0 heterocycles. The summed E-state index contributed by atoms with van der Waals surface area (Å²) in [6.07, 6.45) is 3.76. The number of hydrogen-bond acceptors (Lipinski definition) is 3. The van der Waals surface area contributed by atoms with Gasteiger partial charge in [-0.15, -0.1) is 0 Å². The van der Waals surface area contributed by atoms with E-state index >= 15 is 0 Å². The number of carbonyl (C=O) groups is 3. The van der Waals surface area contributed by atoms with Gasteiger partial charge in [0.2, 0.25) is 11.8 Å². The zero-order valence-electron chi connectivity index (χ0n) is 15.9. The maximum atomic E-state index is 12.2. The van der Waals surface area contributed by atoms with Crippen LogP contribution in [0.15, 0.2) is 24.3 Å². The fourth-order valence-electron chi connectivity index (χ4n) is 2.35. The van der Waals surface area contributed by atoms with Gasteiger partial charge < -0.3 is 16.0 Å². The van der Waals surface area contributed by atoms with Crippen LogP contribution in [0.3, 0.4) is 0 Å². The molecule has 26 heavy (non-hydrogen) atoms. The van der Waals surface area contributed by atoms with Crippen molar-refractivity contribution in [2.75, 3.05) is 11.9 Å². The molecular formula is C20H29N3O3. The first kappa shape index (κ1) is 19.9. The third-order valence-electron chi connectivity index (χ3n) is 4.59. The van der Waals surface area contributed by atoms with Crippen LogP contribution in [-0.2, 0) is 9.59 Å². The molecular weight excluding hydrogens is 330 g/mol. The second-order valence-corrected chi connectivity index (χ2v) is 7.49. The molecule has 3 N–H and O–H groups in total. The molecule has 0 bridgehead atoms. The van der Waals surface area contributed by atoms with Gasteiger partial charge in [0.25, 0.3) is 5.91 Å². The predicted molar refractivity (Wildman–Crippen MR) is 102 cm³/mol. The lowest BCUT2D eigenvalue weighted by Gasteiger charge is -2.24. The quantitative estimate of drug-likeness (QED) is 0.593. The summed E-state index contributed by atoms with van der Waals surface area (Å²) in [6, 6.07) is 6.85. The van der Waals surface area contributed by atoms with E-state index in [1.165, 1.54) is 0 Å². The summed E-state index contributed by atoms with van der Waals surface area (Å²) < 4.78 is 0. The lowest BCUT2D eigenvalue weighted by molar-refractivity contribution is -0.122. The topological polar surface area (TPSA) is 87.3 Å². The van der Waals surface area contributed by atoms with Crippen molar-refractivity contribution in [2.24, 2.45) is 5.92 Å². The molecule has 142 valence electrons. The summed E-state index contributed by atoms with van der Waals surface area (Å²) in [5.41, 5.74) is 0.967. The van der Waals surface area contributed by atoms with Crippen molar-refractivity contribution in [2.45, 2.75) is 58.4 Å². The van der Waals surface area contributed by atoms with E-state index in [0.29, 0.717) is 30.6 Å². The van der Waals surface area contributed by atoms with Crippen LogP contribution in [0.4, 0.5) is 5.69 Å². The Kier molecular flexibility index (Phi) is 6.77. The molecule has 3 amide bonds. The molecule has 6 heteroatoms. The standard InChI is InChI=1S/C20H29N3O3/c1-4-20(2,3)23-19(26)15-9-11-16(12-10-15)22-17(24)6-5-13-21-18(25)14-7-8-14/h9-12,14H,4-8,13H2,1-3H3,(H,21,25)(H,22,24)(H,23,26). The van der Waals surface area contributed by atoms with Gasteiger partial charge in [0, 0.05) is 35.7 Å². The Hall–Kier alpha value is -2.37. The Morgan fingerprint density at radius 3 is 2.35 bits per heavy atom. The van der Waals surface area contributed by atoms with E-state index < -0.39 is 0 Å². The molecule has 2 rings (SSSR count). The molecule has 0 atom stereocenters. The van der Waals surface area contributed by atoms with Crippen molar-refractivity contribution < 1.29 is 14.4 Å². The van der Waals surface area contributed by atoms with Gasteiger partial charge in [0.15, 0.2) is 0 Å². The smallest absolute Gasteiger partial charge is 0.251 e. The van der Waals surface area contributed by atoms with Crippen molar-refractivity contribution in [3.8, 4) is 0 Å². The summed E-state index contributed by atoms with van der Waals surface area (Å²) in [5, 5.41) is 8.63. The van der Waals surface area contributed by atoms with Gasteiger partial charge in [-0.2, -0.15) is 0 Å². The SMILES string of the molecule is CCC(C)(C)NC(=O)c1ccc(NC(=O)CCCNC(=O)C2CC2)cc1. The minimum atomic E-state index is -0.251. The maximum absolute atomic E-state index is 12.2. The minimum absolute atomic E-state index is 0.102. The van der Waals surface area contributed by atoms with Crippen molar-refractivity contribution in [1.29, 1.82) is 0 Å². The highest BCUT2D eigenvalue weighted by molar-refractivity contribution is 5.96. The van der Waals surface area contributed by atoms with E-state index in [1.807, 2.05) is 20.8 Å². The molecule has 1 aliphatic rings. The van der Waals surface area contributed by atoms with E-state index in [0.717, 1.165) is 19.3 Å². The van der Waals surface area contributed by atoms with Gasteiger partial charge in [0.05, 0.1) is 0 Å². The second kappa shape index (κ2) is 8.83. The molecule has 1 fully saturated rings. The van der Waals surface area contributed by atoms with Gasteiger partial charge in [-0.05, 0) is 63.8 Å². The molecule has 0 aliphatic heterocycles. The Labute approximate surface area is 155 Å². The fraction of sp³-hybridized carbons (Fsp3) is 0.550. The maximum Gasteiger partial charge on any atom is 0.251 e. The molecule has 1 aromatic rings. The Morgan fingerprint density at radius 2 is 1.77 bits per heavy atom. The molecule has 0 unspecified atom stereocenters. The van der Waals surface area contributed by atoms with Gasteiger partial charge >= 0.3 is 0 Å². The first-order chi connectivity index (χ1) is 12.3. The third-order valence-corrected chi connectivity index (χ3v) is 4.59. The first-order valence-corrected chi connectivity index (χ1v) is 9.31. The zero-order chi connectivity index (χ0) is 19.2. The molecule has 0 saturated heterocycles. The van der Waals surface area contributed by atoms with Gasteiger partial charge in [-0.3, -0.25) is 14.4 Å². The highest BCUT2D eigenvalue weighted by Crippen LogP contribution is 2.28. The van der Waals surface area contributed by atoms with Crippen molar-refractivity contribution in [1.82, 2.24) is 10.6 Å². The number of amides is 3. The third kappa shape index (κ3) is 6.50. The van der Waals surface area contributed by atoms with E-state index in [1.54, 1.807) is 24.3 Å². The summed E-state index contributed by atoms with van der Waals surface area (Å²) in [7, 11) is 0. The molecule has 0 radical (unpaired) electrons.